The Hall–Kier alpha value is -3.80. The summed E-state index contributed by atoms with van der Waals surface area (Å²) in [7, 11) is -4.00. The molecule has 0 atom stereocenters. The van der Waals surface area contributed by atoms with Crippen LogP contribution in [0.5, 0.6) is 0 Å². The first-order valence-electron chi connectivity index (χ1n) is 9.18. The van der Waals surface area contributed by atoms with Crippen LogP contribution in [0.2, 0.25) is 0 Å². The molecule has 0 bridgehead atoms. The van der Waals surface area contributed by atoms with Crippen molar-refractivity contribution in [1.82, 2.24) is 5.43 Å². The summed E-state index contributed by atoms with van der Waals surface area (Å²) in [5, 5.41) is 6.23. The van der Waals surface area contributed by atoms with Crippen molar-refractivity contribution in [2.75, 3.05) is 15.4 Å². The second kappa shape index (κ2) is 10.0. The Morgan fingerprint density at radius 1 is 0.875 bits per heavy atom. The van der Waals surface area contributed by atoms with E-state index in [4.69, 9.17) is 18.1 Å². The van der Waals surface area contributed by atoms with Crippen molar-refractivity contribution >= 4 is 56.6 Å². The lowest BCUT2D eigenvalue weighted by Gasteiger charge is -2.13. The first-order chi connectivity index (χ1) is 15.3. The fraction of sp³-hybridized carbons (Fsp3) is 0. The quantitative estimate of drug-likeness (QED) is 0.117. The summed E-state index contributed by atoms with van der Waals surface area (Å²) in [5.74, 6) is 4.40. The molecule has 0 aliphatic carbocycles. The normalized spacial score (nSPS) is 10.7. The van der Waals surface area contributed by atoms with Crippen LogP contribution in [0.4, 0.5) is 17.1 Å². The first kappa shape index (κ1) is 22.9. The summed E-state index contributed by atoms with van der Waals surface area (Å²) in [6.45, 7) is 0. The minimum absolute atomic E-state index is 0.0331. The fourth-order valence-corrected chi connectivity index (χ4v) is 4.10. The molecular weight excluding hydrogens is 450 g/mol. The molecule has 0 aliphatic rings. The van der Waals surface area contributed by atoms with Crippen molar-refractivity contribution in [3.05, 3.63) is 83.9 Å². The summed E-state index contributed by atoms with van der Waals surface area (Å²) >= 11 is 5.27. The molecule has 0 radical (unpaired) electrons. The van der Waals surface area contributed by atoms with E-state index in [9.17, 15) is 18.0 Å². The van der Waals surface area contributed by atoms with Crippen LogP contribution in [0.15, 0.2) is 77.7 Å². The molecule has 0 spiro atoms. The Morgan fingerprint density at radius 3 is 2.25 bits per heavy atom. The van der Waals surface area contributed by atoms with E-state index in [0.717, 1.165) is 5.69 Å². The zero-order chi connectivity index (χ0) is 23.1. The Bertz CT molecular complexity index is 1260. The molecule has 3 aromatic rings. The van der Waals surface area contributed by atoms with Crippen molar-refractivity contribution < 1.29 is 18.0 Å². The zero-order valence-corrected chi connectivity index (χ0v) is 18.2. The predicted octanol–water partition coefficient (Wildman–Crippen LogP) is 2.71. The monoisotopic (exact) mass is 469 g/mol. The standard InChI is InChI=1S/C21H19N5O4S2/c22-25-20(28)19-12-17(10-9-14(19)13-27)26-32(29,30)18-8-4-7-16(11-18)24-21(31)23-15-5-2-1-3-6-15/h1-13,26H,22H2,(H,25,28)(H2,23,24,31). The fourth-order valence-electron chi connectivity index (χ4n) is 2.77. The van der Waals surface area contributed by atoms with Crippen LogP contribution in [0, 0.1) is 0 Å². The maximum Gasteiger partial charge on any atom is 0.265 e. The average molecular weight is 470 g/mol. The van der Waals surface area contributed by atoms with Crippen LogP contribution in [0.3, 0.4) is 0 Å². The molecule has 0 heterocycles. The number of hydrazine groups is 1. The molecule has 32 heavy (non-hydrogen) atoms. The molecule has 0 saturated carbocycles. The Kier molecular flexibility index (Phi) is 7.15. The number of benzene rings is 3. The highest BCUT2D eigenvalue weighted by Crippen LogP contribution is 2.21. The summed E-state index contributed by atoms with van der Waals surface area (Å²) in [4.78, 5) is 23.0. The van der Waals surface area contributed by atoms with Gasteiger partial charge in [0, 0.05) is 22.6 Å². The third-order valence-corrected chi connectivity index (χ3v) is 5.83. The van der Waals surface area contributed by atoms with Crippen LogP contribution < -0.4 is 26.6 Å². The highest BCUT2D eigenvalue weighted by molar-refractivity contribution is 7.92. The maximum absolute atomic E-state index is 12.9. The highest BCUT2D eigenvalue weighted by atomic mass is 32.2. The number of thiocarbonyl (C=S) groups is 1. The molecular formula is C21H19N5O4S2. The molecule has 3 rings (SSSR count). The predicted molar refractivity (Wildman–Crippen MR) is 127 cm³/mol. The molecule has 0 saturated heterocycles. The zero-order valence-electron chi connectivity index (χ0n) is 16.5. The van der Waals surface area contributed by atoms with Crippen LogP contribution in [0.25, 0.3) is 0 Å². The van der Waals surface area contributed by atoms with Crippen molar-refractivity contribution in [2.24, 2.45) is 5.84 Å². The average Bonchev–Trinajstić information content (AvgIpc) is 2.79. The van der Waals surface area contributed by atoms with Gasteiger partial charge in [-0.25, -0.2) is 14.3 Å². The number of carbonyl (C=O) groups is 2. The van der Waals surface area contributed by atoms with Crippen molar-refractivity contribution in [3.8, 4) is 0 Å². The lowest BCUT2D eigenvalue weighted by atomic mass is 10.1. The third-order valence-electron chi connectivity index (χ3n) is 4.24. The summed E-state index contributed by atoms with van der Waals surface area (Å²) in [5.41, 5.74) is 3.26. The molecule has 6 N–H and O–H groups in total. The molecule has 9 nitrogen and oxygen atoms in total. The summed E-state index contributed by atoms with van der Waals surface area (Å²) in [6, 6.07) is 19.2. The number of rotatable bonds is 7. The van der Waals surface area contributed by atoms with Gasteiger partial charge in [-0.2, -0.15) is 0 Å². The van der Waals surface area contributed by atoms with Gasteiger partial charge >= 0.3 is 0 Å². The van der Waals surface area contributed by atoms with E-state index in [-0.39, 0.29) is 21.7 Å². The third kappa shape index (κ3) is 5.66. The van der Waals surface area contributed by atoms with E-state index in [2.05, 4.69) is 15.4 Å². The first-order valence-corrected chi connectivity index (χ1v) is 11.1. The van der Waals surface area contributed by atoms with Gasteiger partial charge < -0.3 is 10.6 Å². The molecule has 3 aromatic carbocycles. The van der Waals surface area contributed by atoms with Crippen molar-refractivity contribution in [3.63, 3.8) is 0 Å². The van der Waals surface area contributed by atoms with E-state index in [1.54, 1.807) is 12.1 Å². The van der Waals surface area contributed by atoms with E-state index < -0.39 is 15.9 Å². The van der Waals surface area contributed by atoms with Gasteiger partial charge in [0.05, 0.1) is 10.5 Å². The number of anilines is 3. The molecule has 0 unspecified atom stereocenters. The molecule has 1 amide bonds. The number of carbonyl (C=O) groups excluding carboxylic acids is 2. The Labute approximate surface area is 190 Å². The number of hydrogen-bond donors (Lipinski definition) is 5. The smallest absolute Gasteiger partial charge is 0.265 e. The highest BCUT2D eigenvalue weighted by Gasteiger charge is 2.17. The van der Waals surface area contributed by atoms with Crippen LogP contribution in [-0.4, -0.2) is 25.7 Å². The van der Waals surface area contributed by atoms with Gasteiger partial charge in [0.25, 0.3) is 15.9 Å². The second-order valence-electron chi connectivity index (χ2n) is 6.47. The summed E-state index contributed by atoms with van der Waals surface area (Å²) in [6.07, 6.45) is 0.477. The lowest BCUT2D eigenvalue weighted by Crippen LogP contribution is -2.31. The van der Waals surface area contributed by atoms with Gasteiger partial charge in [-0.3, -0.25) is 19.7 Å². The lowest BCUT2D eigenvalue weighted by molar-refractivity contribution is 0.0948. The van der Waals surface area contributed by atoms with Crippen molar-refractivity contribution in [1.29, 1.82) is 0 Å². The van der Waals surface area contributed by atoms with E-state index in [1.807, 2.05) is 35.8 Å². The minimum atomic E-state index is -4.00. The minimum Gasteiger partial charge on any atom is -0.332 e. The topological polar surface area (TPSA) is 142 Å². The van der Waals surface area contributed by atoms with Gasteiger partial charge in [-0.15, -0.1) is 0 Å². The molecule has 0 fully saturated rings. The second-order valence-corrected chi connectivity index (χ2v) is 8.56. The maximum atomic E-state index is 12.9. The Balaban J connectivity index is 1.78. The molecule has 0 aliphatic heterocycles. The molecule has 11 heteroatoms. The number of amides is 1. The number of nitrogens with two attached hydrogens (primary N) is 1. The largest absolute Gasteiger partial charge is 0.332 e. The van der Waals surface area contributed by atoms with Crippen molar-refractivity contribution in [2.45, 2.75) is 4.90 Å². The Morgan fingerprint density at radius 2 is 1.56 bits per heavy atom. The van der Waals surface area contributed by atoms with Gasteiger partial charge in [0.2, 0.25) is 0 Å². The van der Waals surface area contributed by atoms with Gasteiger partial charge in [-0.05, 0) is 60.7 Å². The van der Waals surface area contributed by atoms with Crippen LogP contribution in [0.1, 0.15) is 20.7 Å². The SMILES string of the molecule is NNC(=O)c1cc(NS(=O)(=O)c2cccc(NC(=S)Nc3ccccc3)c2)ccc1C=O. The number of nitrogen functional groups attached to an aromatic ring is 1. The number of hydrogen-bond acceptors (Lipinski definition) is 6. The number of aldehydes is 1. The number of nitrogens with one attached hydrogen (secondary N) is 4. The molecule has 0 aromatic heterocycles. The van der Waals surface area contributed by atoms with Gasteiger partial charge in [0.1, 0.15) is 0 Å². The molecule has 164 valence electrons. The summed E-state index contributed by atoms with van der Waals surface area (Å²) < 4.78 is 28.1. The van der Waals surface area contributed by atoms with E-state index in [1.165, 1.54) is 30.3 Å². The number of para-hydroxylation sites is 1. The van der Waals surface area contributed by atoms with E-state index in [0.29, 0.717) is 17.1 Å². The van der Waals surface area contributed by atoms with Gasteiger partial charge in [0.15, 0.2) is 11.4 Å². The van der Waals surface area contributed by atoms with Gasteiger partial charge in [-0.1, -0.05) is 24.3 Å². The van der Waals surface area contributed by atoms with Crippen LogP contribution in [-0.2, 0) is 10.0 Å². The van der Waals surface area contributed by atoms with Crippen LogP contribution >= 0.6 is 12.2 Å². The number of sulfonamides is 1. The van der Waals surface area contributed by atoms with E-state index >= 15 is 0 Å².